The Morgan fingerprint density at radius 2 is 0.760 bits per heavy atom. The molecule has 0 saturated carbocycles. The Kier molecular flexibility index (Phi) is 6.42. The van der Waals surface area contributed by atoms with Crippen LogP contribution in [-0.2, 0) is 0 Å². The molecule has 0 fully saturated rings. The fourth-order valence-corrected chi connectivity index (χ4v) is 6.99. The molecule has 0 saturated heterocycles. The minimum absolute atomic E-state index is 0.522. The molecule has 0 aliphatic rings. The number of rotatable bonds is 5. The molecule has 5 nitrogen and oxygen atoms in total. The van der Waals surface area contributed by atoms with Gasteiger partial charge in [0.2, 0.25) is 0 Å². The summed E-state index contributed by atoms with van der Waals surface area (Å²) >= 11 is 0. The lowest BCUT2D eigenvalue weighted by Gasteiger charge is -2.14. The Labute approximate surface area is 287 Å². The summed E-state index contributed by atoms with van der Waals surface area (Å²) in [7, 11) is 0. The molecule has 3 aromatic heterocycles. The highest BCUT2D eigenvalue weighted by molar-refractivity contribution is 6.10. The van der Waals surface area contributed by atoms with Crippen molar-refractivity contribution in [2.75, 3.05) is 0 Å². The van der Waals surface area contributed by atoms with Gasteiger partial charge in [0.25, 0.3) is 0 Å². The Morgan fingerprint density at radius 3 is 1.32 bits per heavy atom. The van der Waals surface area contributed by atoms with E-state index in [4.69, 9.17) is 23.8 Å². The quantitative estimate of drug-likeness (QED) is 0.187. The van der Waals surface area contributed by atoms with Crippen LogP contribution in [0.1, 0.15) is 0 Å². The van der Waals surface area contributed by atoms with Gasteiger partial charge in [-0.1, -0.05) is 127 Å². The molecule has 0 bridgehead atoms. The molecule has 0 atom stereocenters. The highest BCUT2D eigenvalue weighted by atomic mass is 16.3. The second-order valence-corrected chi connectivity index (χ2v) is 12.4. The minimum Gasteiger partial charge on any atom is -0.455 e. The van der Waals surface area contributed by atoms with Gasteiger partial charge in [-0.15, -0.1) is 0 Å². The van der Waals surface area contributed by atoms with Crippen molar-refractivity contribution in [3.8, 4) is 56.4 Å². The lowest BCUT2D eigenvalue weighted by Crippen LogP contribution is -2.01. The van der Waals surface area contributed by atoms with Crippen LogP contribution in [0.4, 0.5) is 0 Å². The maximum atomic E-state index is 6.48. The molecule has 10 aromatic rings. The zero-order valence-electron chi connectivity index (χ0n) is 26.7. The summed E-state index contributed by atoms with van der Waals surface area (Å²) in [6, 6.07) is 55.8. The van der Waals surface area contributed by atoms with E-state index in [0.717, 1.165) is 82.8 Å². The van der Waals surface area contributed by atoms with Crippen LogP contribution in [-0.4, -0.2) is 15.0 Å². The predicted molar refractivity (Wildman–Crippen MR) is 202 cm³/mol. The molecule has 0 amide bonds. The van der Waals surface area contributed by atoms with Gasteiger partial charge >= 0.3 is 0 Å². The van der Waals surface area contributed by atoms with Crippen molar-refractivity contribution >= 4 is 43.9 Å². The second kappa shape index (κ2) is 11.4. The average Bonchev–Trinajstić information content (AvgIpc) is 3.77. The van der Waals surface area contributed by atoms with E-state index in [1.165, 1.54) is 0 Å². The van der Waals surface area contributed by atoms with E-state index >= 15 is 0 Å². The molecule has 0 aliphatic carbocycles. The van der Waals surface area contributed by atoms with Crippen molar-refractivity contribution in [1.29, 1.82) is 0 Å². The summed E-state index contributed by atoms with van der Waals surface area (Å²) in [4.78, 5) is 15.6. The summed E-state index contributed by atoms with van der Waals surface area (Å²) in [5, 5.41) is 4.12. The topological polar surface area (TPSA) is 65.0 Å². The first-order valence-electron chi connectivity index (χ1n) is 16.6. The number of hydrogen-bond donors (Lipinski definition) is 0. The number of fused-ring (bicyclic) bond motifs is 6. The van der Waals surface area contributed by atoms with Crippen LogP contribution in [0.3, 0.4) is 0 Å². The average molecular weight is 642 g/mol. The molecule has 0 aliphatic heterocycles. The van der Waals surface area contributed by atoms with Crippen LogP contribution in [0.25, 0.3) is 100 Å². The largest absolute Gasteiger partial charge is 0.455 e. The van der Waals surface area contributed by atoms with Crippen LogP contribution in [0.5, 0.6) is 0 Å². The highest BCUT2D eigenvalue weighted by Crippen LogP contribution is 2.40. The lowest BCUT2D eigenvalue weighted by atomic mass is 9.94. The Morgan fingerprint density at radius 1 is 0.300 bits per heavy atom. The van der Waals surface area contributed by atoms with Gasteiger partial charge in [0, 0.05) is 27.1 Å². The zero-order chi connectivity index (χ0) is 33.0. The van der Waals surface area contributed by atoms with Crippen LogP contribution in [0.15, 0.2) is 173 Å². The molecular formula is C45H27N3O2. The van der Waals surface area contributed by atoms with Gasteiger partial charge in [0.05, 0.1) is 11.1 Å². The third kappa shape index (κ3) is 4.60. The molecule has 7 aromatic carbocycles. The fourth-order valence-electron chi connectivity index (χ4n) is 6.99. The van der Waals surface area contributed by atoms with Gasteiger partial charge < -0.3 is 8.83 Å². The summed E-state index contributed by atoms with van der Waals surface area (Å²) < 4.78 is 13.0. The standard InChI is InChI=1S/C45H27N3O2/c1-3-13-28(14-4-1)30-25-26-35(38(27-30)29-15-5-2-6-16-29)43-46-44(36-21-11-19-33-31-17-7-9-23-39(31)49-41(33)36)48-45(47-43)37-22-12-20-34-32-18-8-10-24-40(32)50-42(34)37/h1-27H. The maximum Gasteiger partial charge on any atom is 0.167 e. The normalized spacial score (nSPS) is 11.6. The monoisotopic (exact) mass is 641 g/mol. The van der Waals surface area contributed by atoms with Crippen LogP contribution < -0.4 is 0 Å². The number of nitrogens with zero attached hydrogens (tertiary/aromatic N) is 3. The SMILES string of the molecule is c1ccc(-c2ccc(-c3nc(-c4cccc5c4oc4ccccc45)nc(-c4cccc5c4oc4ccccc45)n3)c(-c3ccccc3)c2)cc1. The van der Waals surface area contributed by atoms with Crippen LogP contribution in [0.2, 0.25) is 0 Å². The molecule has 0 radical (unpaired) electrons. The Balaban J connectivity index is 1.26. The van der Waals surface area contributed by atoms with Crippen LogP contribution in [0, 0.1) is 0 Å². The zero-order valence-corrected chi connectivity index (χ0v) is 26.7. The summed E-state index contributed by atoms with van der Waals surface area (Å²) in [5.41, 5.74) is 9.95. The molecule has 0 unspecified atom stereocenters. The van der Waals surface area contributed by atoms with E-state index in [1.807, 2.05) is 72.8 Å². The number of hydrogen-bond acceptors (Lipinski definition) is 5. The van der Waals surface area contributed by atoms with Crippen molar-refractivity contribution in [3.05, 3.63) is 164 Å². The van der Waals surface area contributed by atoms with Crippen molar-refractivity contribution in [2.45, 2.75) is 0 Å². The van der Waals surface area contributed by atoms with Gasteiger partial charge in [-0.25, -0.2) is 15.0 Å². The number of para-hydroxylation sites is 4. The highest BCUT2D eigenvalue weighted by Gasteiger charge is 2.21. The van der Waals surface area contributed by atoms with Gasteiger partial charge in [0.1, 0.15) is 22.3 Å². The minimum atomic E-state index is 0.522. The number of aromatic nitrogens is 3. The van der Waals surface area contributed by atoms with E-state index in [1.54, 1.807) is 0 Å². The number of benzene rings is 7. The molecule has 10 rings (SSSR count). The Bertz CT molecular complexity index is 2740. The predicted octanol–water partition coefficient (Wildman–Crippen LogP) is 12.0. The first-order valence-corrected chi connectivity index (χ1v) is 16.6. The second-order valence-electron chi connectivity index (χ2n) is 12.4. The van der Waals surface area contributed by atoms with E-state index in [2.05, 4.69) is 91.0 Å². The van der Waals surface area contributed by atoms with Crippen LogP contribution >= 0.6 is 0 Å². The van der Waals surface area contributed by atoms with E-state index in [-0.39, 0.29) is 0 Å². The molecule has 0 N–H and O–H groups in total. The smallest absolute Gasteiger partial charge is 0.167 e. The summed E-state index contributed by atoms with van der Waals surface area (Å²) in [6.45, 7) is 0. The van der Waals surface area contributed by atoms with Gasteiger partial charge in [-0.3, -0.25) is 0 Å². The van der Waals surface area contributed by atoms with Crippen molar-refractivity contribution in [1.82, 2.24) is 15.0 Å². The van der Waals surface area contributed by atoms with E-state index < -0.39 is 0 Å². The first kappa shape index (κ1) is 28.2. The molecule has 50 heavy (non-hydrogen) atoms. The van der Waals surface area contributed by atoms with Gasteiger partial charge in [-0.05, 0) is 58.7 Å². The van der Waals surface area contributed by atoms with Crippen molar-refractivity contribution in [3.63, 3.8) is 0 Å². The third-order valence-electron chi connectivity index (χ3n) is 9.38. The molecule has 3 heterocycles. The van der Waals surface area contributed by atoms with Crippen molar-refractivity contribution < 1.29 is 8.83 Å². The van der Waals surface area contributed by atoms with Crippen molar-refractivity contribution in [2.24, 2.45) is 0 Å². The van der Waals surface area contributed by atoms with Gasteiger partial charge in [-0.2, -0.15) is 0 Å². The lowest BCUT2D eigenvalue weighted by molar-refractivity contribution is 0.669. The molecule has 0 spiro atoms. The fraction of sp³-hybridized carbons (Fsp3) is 0. The molecule has 234 valence electrons. The van der Waals surface area contributed by atoms with E-state index in [0.29, 0.717) is 17.5 Å². The van der Waals surface area contributed by atoms with E-state index in [9.17, 15) is 0 Å². The Hall–Kier alpha value is -6.85. The molecule has 5 heteroatoms. The maximum absolute atomic E-state index is 6.48. The molecular weight excluding hydrogens is 615 g/mol. The summed E-state index contributed by atoms with van der Waals surface area (Å²) in [6.07, 6.45) is 0. The summed E-state index contributed by atoms with van der Waals surface area (Å²) in [5.74, 6) is 1.60. The van der Waals surface area contributed by atoms with Gasteiger partial charge in [0.15, 0.2) is 17.5 Å². The first-order chi connectivity index (χ1) is 24.8. The number of furan rings is 2. The third-order valence-corrected chi connectivity index (χ3v) is 9.38.